The third-order valence-corrected chi connectivity index (χ3v) is 4.13. The van der Waals surface area contributed by atoms with Gasteiger partial charge in [-0.3, -0.25) is 0 Å². The minimum atomic E-state index is -0.490. The molecule has 2 fully saturated rings. The molecule has 1 amide bonds. The number of imidazole rings is 1. The summed E-state index contributed by atoms with van der Waals surface area (Å²) < 4.78 is 11.1. The number of hydrogen-bond donors (Lipinski definition) is 3. The van der Waals surface area contributed by atoms with E-state index in [-0.39, 0.29) is 24.3 Å². The molecule has 4 atom stereocenters. The van der Waals surface area contributed by atoms with E-state index in [2.05, 4.69) is 20.6 Å². The molecule has 2 heterocycles. The first-order valence-electron chi connectivity index (χ1n) is 7.77. The van der Waals surface area contributed by atoms with Crippen LogP contribution in [0.2, 0.25) is 0 Å². The van der Waals surface area contributed by atoms with Gasteiger partial charge < -0.3 is 25.1 Å². The fraction of sp³-hybridized carbons (Fsp3) is 0.733. The Hall–Kier alpha value is -1.60. The normalized spacial score (nSPS) is 30.5. The molecule has 3 N–H and O–H groups in total. The van der Waals surface area contributed by atoms with Gasteiger partial charge in [-0.2, -0.15) is 0 Å². The predicted octanol–water partition coefficient (Wildman–Crippen LogP) is 1.18. The largest absolute Gasteiger partial charge is 0.444 e. The molecule has 1 aliphatic heterocycles. The van der Waals surface area contributed by atoms with Gasteiger partial charge in [-0.1, -0.05) is 0 Å². The first-order valence-corrected chi connectivity index (χ1v) is 7.77. The van der Waals surface area contributed by atoms with E-state index in [9.17, 15) is 4.79 Å². The maximum absolute atomic E-state index is 12.0. The van der Waals surface area contributed by atoms with Crippen LogP contribution in [0, 0.1) is 5.92 Å². The van der Waals surface area contributed by atoms with Crippen LogP contribution >= 0.6 is 0 Å². The van der Waals surface area contributed by atoms with Crippen LogP contribution in [-0.4, -0.2) is 46.5 Å². The van der Waals surface area contributed by atoms with Crippen molar-refractivity contribution in [1.29, 1.82) is 0 Å². The van der Waals surface area contributed by atoms with Crippen molar-refractivity contribution in [3.8, 4) is 0 Å². The summed E-state index contributed by atoms with van der Waals surface area (Å²) in [5.74, 6) is 1.24. The van der Waals surface area contributed by atoms with E-state index in [0.29, 0.717) is 12.5 Å². The summed E-state index contributed by atoms with van der Waals surface area (Å²) >= 11 is 0. The van der Waals surface area contributed by atoms with Crippen LogP contribution in [0.15, 0.2) is 12.4 Å². The Morgan fingerprint density at radius 2 is 2.32 bits per heavy atom. The summed E-state index contributed by atoms with van der Waals surface area (Å²) in [4.78, 5) is 19.3. The fourth-order valence-electron chi connectivity index (χ4n) is 3.20. The lowest BCUT2D eigenvalue weighted by molar-refractivity contribution is -0.0345. The van der Waals surface area contributed by atoms with E-state index >= 15 is 0 Å². The number of aromatic nitrogens is 2. The van der Waals surface area contributed by atoms with Crippen LogP contribution in [0.25, 0.3) is 0 Å². The number of ether oxygens (including phenoxy) is 2. The van der Waals surface area contributed by atoms with Crippen molar-refractivity contribution in [3.63, 3.8) is 0 Å². The molecule has 0 spiro atoms. The number of carbonyl (C=O) groups is 1. The Morgan fingerprint density at radius 1 is 1.50 bits per heavy atom. The zero-order valence-electron chi connectivity index (χ0n) is 13.3. The molecule has 1 saturated carbocycles. The number of hydrogen-bond acceptors (Lipinski definition) is 5. The van der Waals surface area contributed by atoms with E-state index in [1.54, 1.807) is 12.4 Å². The summed E-state index contributed by atoms with van der Waals surface area (Å²) in [5, 5.41) is 6.41. The highest BCUT2D eigenvalue weighted by molar-refractivity contribution is 5.68. The Balaban J connectivity index is 1.57. The number of aromatic amines is 1. The summed E-state index contributed by atoms with van der Waals surface area (Å²) in [7, 11) is 0. The molecule has 1 aromatic heterocycles. The molecule has 1 aliphatic carbocycles. The van der Waals surface area contributed by atoms with Crippen LogP contribution in [0.4, 0.5) is 4.79 Å². The summed E-state index contributed by atoms with van der Waals surface area (Å²) in [6.45, 7) is 6.96. The van der Waals surface area contributed by atoms with Crippen LogP contribution in [-0.2, 0) is 16.0 Å². The number of fused-ring (bicyclic) bond motifs is 1. The highest BCUT2D eigenvalue weighted by Gasteiger charge is 2.54. The van der Waals surface area contributed by atoms with Crippen molar-refractivity contribution in [2.24, 2.45) is 5.92 Å². The first kappa shape index (κ1) is 15.3. The Bertz CT molecular complexity index is 511. The number of amides is 1. The zero-order valence-corrected chi connectivity index (χ0v) is 13.3. The van der Waals surface area contributed by atoms with Crippen molar-refractivity contribution in [1.82, 2.24) is 20.6 Å². The minimum absolute atomic E-state index is 0.0392. The SMILES string of the molecule is CC(C)(C)OC(=O)NC1C2CCOC2C1NCc1ncc[nH]1. The predicted molar refractivity (Wildman–Crippen MR) is 80.2 cm³/mol. The van der Waals surface area contributed by atoms with Gasteiger partial charge in [0.25, 0.3) is 0 Å². The maximum atomic E-state index is 12.0. The lowest BCUT2D eigenvalue weighted by atomic mass is 9.71. The summed E-state index contributed by atoms with van der Waals surface area (Å²) in [6, 6.07) is 0.127. The Kier molecular flexibility index (Phi) is 4.10. The summed E-state index contributed by atoms with van der Waals surface area (Å²) in [6.07, 6.45) is 4.29. The van der Waals surface area contributed by atoms with Gasteiger partial charge in [0.05, 0.1) is 24.7 Å². The van der Waals surface area contributed by atoms with Crippen LogP contribution in [0.5, 0.6) is 0 Å². The molecular weight excluding hydrogens is 284 g/mol. The molecule has 22 heavy (non-hydrogen) atoms. The summed E-state index contributed by atoms with van der Waals surface area (Å²) in [5.41, 5.74) is -0.490. The van der Waals surface area contributed by atoms with Crippen LogP contribution < -0.4 is 10.6 Å². The highest BCUT2D eigenvalue weighted by Crippen LogP contribution is 2.39. The van der Waals surface area contributed by atoms with Gasteiger partial charge >= 0.3 is 6.09 Å². The highest BCUT2D eigenvalue weighted by atomic mass is 16.6. The van der Waals surface area contributed by atoms with E-state index in [1.807, 2.05) is 20.8 Å². The zero-order chi connectivity index (χ0) is 15.7. The second-order valence-corrected chi connectivity index (χ2v) is 6.90. The quantitative estimate of drug-likeness (QED) is 0.777. The number of nitrogens with one attached hydrogen (secondary N) is 3. The molecule has 1 aromatic rings. The first-order chi connectivity index (χ1) is 10.4. The molecule has 0 bridgehead atoms. The van der Waals surface area contributed by atoms with E-state index in [0.717, 1.165) is 18.9 Å². The van der Waals surface area contributed by atoms with E-state index in [1.165, 1.54) is 0 Å². The van der Waals surface area contributed by atoms with Gasteiger partial charge in [0.2, 0.25) is 0 Å². The lowest BCUT2D eigenvalue weighted by Crippen LogP contribution is -2.70. The number of rotatable bonds is 4. The third-order valence-electron chi connectivity index (χ3n) is 4.13. The van der Waals surface area contributed by atoms with Crippen LogP contribution in [0.1, 0.15) is 33.0 Å². The molecular formula is C15H24N4O3. The fourth-order valence-corrected chi connectivity index (χ4v) is 3.20. The van der Waals surface area contributed by atoms with Crippen molar-refractivity contribution >= 4 is 6.09 Å². The molecule has 3 rings (SSSR count). The maximum Gasteiger partial charge on any atom is 0.407 e. The number of alkyl carbamates (subject to hydrolysis) is 1. The second kappa shape index (κ2) is 5.89. The van der Waals surface area contributed by atoms with Crippen molar-refractivity contribution < 1.29 is 14.3 Å². The van der Waals surface area contributed by atoms with Crippen molar-refractivity contribution in [3.05, 3.63) is 18.2 Å². The van der Waals surface area contributed by atoms with Gasteiger partial charge in [0.1, 0.15) is 11.4 Å². The van der Waals surface area contributed by atoms with E-state index < -0.39 is 5.60 Å². The molecule has 0 radical (unpaired) electrons. The van der Waals surface area contributed by atoms with Crippen molar-refractivity contribution in [2.75, 3.05) is 6.61 Å². The van der Waals surface area contributed by atoms with Gasteiger partial charge in [-0.25, -0.2) is 9.78 Å². The van der Waals surface area contributed by atoms with Gasteiger partial charge in [-0.05, 0) is 27.2 Å². The Morgan fingerprint density at radius 3 is 3.00 bits per heavy atom. The number of H-pyrrole nitrogens is 1. The average molecular weight is 308 g/mol. The Labute approximate surface area is 130 Å². The van der Waals surface area contributed by atoms with Gasteiger partial charge in [0.15, 0.2) is 0 Å². The smallest absolute Gasteiger partial charge is 0.407 e. The van der Waals surface area contributed by atoms with Crippen LogP contribution in [0.3, 0.4) is 0 Å². The minimum Gasteiger partial charge on any atom is -0.444 e. The van der Waals surface area contributed by atoms with E-state index in [4.69, 9.17) is 9.47 Å². The standard InChI is InChI=1S/C15H24N4O3/c1-15(2,3)22-14(20)19-11-9-4-7-21-13(9)12(11)18-8-10-16-5-6-17-10/h5-6,9,11-13,18H,4,7-8H2,1-3H3,(H,16,17)(H,19,20). The molecule has 1 saturated heterocycles. The molecule has 122 valence electrons. The van der Waals surface area contributed by atoms with Gasteiger partial charge in [0, 0.05) is 24.9 Å². The monoisotopic (exact) mass is 308 g/mol. The molecule has 0 aromatic carbocycles. The molecule has 7 heteroatoms. The lowest BCUT2D eigenvalue weighted by Gasteiger charge is -2.48. The second-order valence-electron chi connectivity index (χ2n) is 6.90. The molecule has 2 aliphatic rings. The number of carbonyl (C=O) groups excluding carboxylic acids is 1. The molecule has 4 unspecified atom stereocenters. The average Bonchev–Trinajstić information content (AvgIpc) is 3.04. The number of nitrogens with zero attached hydrogens (tertiary/aromatic N) is 1. The van der Waals surface area contributed by atoms with Crippen molar-refractivity contribution in [2.45, 2.75) is 57.5 Å². The molecule has 7 nitrogen and oxygen atoms in total. The third kappa shape index (κ3) is 3.25. The topological polar surface area (TPSA) is 88.3 Å². The van der Waals surface area contributed by atoms with Gasteiger partial charge in [-0.15, -0.1) is 0 Å².